The van der Waals surface area contributed by atoms with Crippen LogP contribution in [0.1, 0.15) is 12.0 Å². The van der Waals surface area contributed by atoms with Gasteiger partial charge in [0, 0.05) is 18.9 Å². The van der Waals surface area contributed by atoms with Gasteiger partial charge in [0.25, 0.3) is 0 Å². The summed E-state index contributed by atoms with van der Waals surface area (Å²) in [4.78, 5) is 7.08. The Morgan fingerprint density at radius 2 is 1.88 bits per heavy atom. The molecule has 0 saturated carbocycles. The van der Waals surface area contributed by atoms with Gasteiger partial charge in [-0.25, -0.2) is 9.37 Å². The minimum absolute atomic E-state index is 0.250. The smallest absolute Gasteiger partial charge is 0.200 e. The standard InChI is InChI=1S/C19H20FN4O/c20-16-4-6-17(7-5-16)24-14-15-2-8-18(9-3-15)25-13-1-10-21-19-22-11-12-23-19/h2-9,11-12H,1,10,13-14H2,(H2,21,22,23). The number of hydrogen-bond donors (Lipinski definition) is 2. The number of halogens is 1. The van der Waals surface area contributed by atoms with Crippen molar-refractivity contribution in [2.45, 2.75) is 13.0 Å². The summed E-state index contributed by atoms with van der Waals surface area (Å²) in [5.74, 6) is 1.36. The van der Waals surface area contributed by atoms with Gasteiger partial charge in [0.2, 0.25) is 0 Å². The predicted molar refractivity (Wildman–Crippen MR) is 95.5 cm³/mol. The van der Waals surface area contributed by atoms with Crippen LogP contribution >= 0.6 is 0 Å². The lowest BCUT2D eigenvalue weighted by Gasteiger charge is -2.08. The number of ether oxygens (including phenoxy) is 1. The van der Waals surface area contributed by atoms with Gasteiger partial charge in [-0.3, -0.25) is 5.32 Å². The Labute approximate surface area is 146 Å². The summed E-state index contributed by atoms with van der Waals surface area (Å²) in [6.45, 7) is 1.98. The first-order valence-electron chi connectivity index (χ1n) is 8.18. The van der Waals surface area contributed by atoms with Gasteiger partial charge in [0.05, 0.1) is 18.8 Å². The Morgan fingerprint density at radius 3 is 2.60 bits per heavy atom. The van der Waals surface area contributed by atoms with Crippen LogP contribution in [0.15, 0.2) is 60.9 Å². The summed E-state index contributed by atoms with van der Waals surface area (Å²) in [7, 11) is 0. The van der Waals surface area contributed by atoms with Gasteiger partial charge in [-0.1, -0.05) is 12.1 Å². The average Bonchev–Trinajstić information content (AvgIpc) is 3.15. The number of anilines is 1. The molecule has 0 aliphatic carbocycles. The lowest BCUT2D eigenvalue weighted by molar-refractivity contribution is 0.315. The van der Waals surface area contributed by atoms with Crippen LogP contribution in [-0.4, -0.2) is 23.1 Å². The van der Waals surface area contributed by atoms with E-state index in [1.165, 1.54) is 12.1 Å². The molecule has 1 aromatic heterocycles. The Morgan fingerprint density at radius 1 is 1.08 bits per heavy atom. The van der Waals surface area contributed by atoms with Crippen molar-refractivity contribution in [2.24, 2.45) is 0 Å². The second-order valence-corrected chi connectivity index (χ2v) is 5.50. The summed E-state index contributed by atoms with van der Waals surface area (Å²) in [6.07, 6.45) is 4.37. The van der Waals surface area contributed by atoms with Gasteiger partial charge < -0.3 is 15.0 Å². The number of H-pyrrole nitrogens is 1. The highest BCUT2D eigenvalue weighted by Crippen LogP contribution is 2.15. The molecule has 25 heavy (non-hydrogen) atoms. The number of benzene rings is 2. The first-order valence-corrected chi connectivity index (χ1v) is 8.18. The molecule has 129 valence electrons. The van der Waals surface area contributed by atoms with Crippen LogP contribution in [0.5, 0.6) is 5.75 Å². The van der Waals surface area contributed by atoms with Gasteiger partial charge in [-0.2, -0.15) is 0 Å². The molecule has 0 aliphatic heterocycles. The number of hydrogen-bond acceptors (Lipinski definition) is 3. The Balaban J connectivity index is 1.36. The zero-order valence-electron chi connectivity index (χ0n) is 13.8. The van der Waals surface area contributed by atoms with Crippen LogP contribution in [0.3, 0.4) is 0 Å². The molecule has 0 spiro atoms. The van der Waals surface area contributed by atoms with Gasteiger partial charge in [0.1, 0.15) is 11.6 Å². The van der Waals surface area contributed by atoms with Gasteiger partial charge in [-0.05, 0) is 48.4 Å². The molecule has 3 rings (SSSR count). The van der Waals surface area contributed by atoms with Crippen LogP contribution in [0, 0.1) is 5.82 Å². The van der Waals surface area contributed by atoms with E-state index in [0.29, 0.717) is 13.2 Å². The average molecular weight is 339 g/mol. The molecular formula is C19H20FN4O. The van der Waals surface area contributed by atoms with Crippen molar-refractivity contribution < 1.29 is 9.13 Å². The topological polar surface area (TPSA) is 64.0 Å². The highest BCUT2D eigenvalue weighted by molar-refractivity contribution is 5.36. The highest BCUT2D eigenvalue weighted by Gasteiger charge is 1.99. The van der Waals surface area contributed by atoms with E-state index >= 15 is 0 Å². The van der Waals surface area contributed by atoms with Crippen LogP contribution in [0.25, 0.3) is 0 Å². The lowest BCUT2D eigenvalue weighted by atomic mass is 10.2. The summed E-state index contributed by atoms with van der Waals surface area (Å²) in [6, 6.07) is 14.0. The molecule has 5 nitrogen and oxygen atoms in total. The summed E-state index contributed by atoms with van der Waals surface area (Å²) >= 11 is 0. The van der Waals surface area contributed by atoms with E-state index < -0.39 is 0 Å². The molecule has 2 aromatic carbocycles. The van der Waals surface area contributed by atoms with E-state index in [-0.39, 0.29) is 5.82 Å². The number of nitrogens with one attached hydrogen (secondary N) is 2. The second-order valence-electron chi connectivity index (χ2n) is 5.50. The number of aromatic amines is 1. The maximum atomic E-state index is 12.9. The highest BCUT2D eigenvalue weighted by atomic mass is 19.1. The van der Waals surface area contributed by atoms with Crippen molar-refractivity contribution in [2.75, 3.05) is 18.5 Å². The van der Waals surface area contributed by atoms with E-state index in [4.69, 9.17) is 4.74 Å². The fourth-order valence-electron chi connectivity index (χ4n) is 2.25. The molecule has 0 fully saturated rings. The Bertz CT molecular complexity index is 742. The van der Waals surface area contributed by atoms with Gasteiger partial charge >= 0.3 is 0 Å². The van der Waals surface area contributed by atoms with E-state index in [9.17, 15) is 4.39 Å². The monoisotopic (exact) mass is 339 g/mol. The zero-order valence-corrected chi connectivity index (χ0v) is 13.8. The largest absolute Gasteiger partial charge is 0.494 e. The molecule has 1 heterocycles. The number of aromatic nitrogens is 2. The molecule has 0 amide bonds. The van der Waals surface area contributed by atoms with E-state index in [0.717, 1.165) is 35.9 Å². The van der Waals surface area contributed by atoms with Crippen molar-refractivity contribution in [1.29, 1.82) is 0 Å². The van der Waals surface area contributed by atoms with E-state index in [1.54, 1.807) is 24.5 Å². The van der Waals surface area contributed by atoms with Gasteiger partial charge in [0.15, 0.2) is 5.95 Å². The normalized spacial score (nSPS) is 10.4. The molecule has 0 aliphatic rings. The van der Waals surface area contributed by atoms with Crippen molar-refractivity contribution in [3.05, 3.63) is 72.3 Å². The maximum Gasteiger partial charge on any atom is 0.200 e. The number of nitrogens with zero attached hydrogens (tertiary/aromatic N) is 2. The van der Waals surface area contributed by atoms with Crippen LogP contribution < -0.4 is 15.4 Å². The summed E-state index contributed by atoms with van der Waals surface area (Å²) < 4.78 is 18.6. The quantitative estimate of drug-likeness (QED) is 0.582. The van der Waals surface area contributed by atoms with Crippen molar-refractivity contribution >= 4 is 11.6 Å². The SMILES string of the molecule is Fc1ccc([N]Cc2ccc(OCCCNc3ncc[nH]3)cc2)cc1. The lowest BCUT2D eigenvalue weighted by Crippen LogP contribution is -2.08. The Hall–Kier alpha value is -3.02. The number of rotatable bonds is 9. The Kier molecular flexibility index (Phi) is 5.87. The first-order chi connectivity index (χ1) is 12.3. The van der Waals surface area contributed by atoms with Crippen LogP contribution in [0.4, 0.5) is 16.0 Å². The van der Waals surface area contributed by atoms with Crippen LogP contribution in [-0.2, 0) is 6.54 Å². The predicted octanol–water partition coefficient (Wildman–Crippen LogP) is 3.87. The molecule has 0 saturated heterocycles. The number of imidazole rings is 1. The minimum Gasteiger partial charge on any atom is -0.494 e. The molecule has 0 bridgehead atoms. The molecule has 2 N–H and O–H groups in total. The van der Waals surface area contributed by atoms with E-state index in [2.05, 4.69) is 20.6 Å². The van der Waals surface area contributed by atoms with Crippen molar-refractivity contribution in [1.82, 2.24) is 15.3 Å². The fraction of sp³-hybridized carbons (Fsp3) is 0.211. The second kappa shape index (κ2) is 8.73. The van der Waals surface area contributed by atoms with Crippen LogP contribution in [0.2, 0.25) is 0 Å². The zero-order chi connectivity index (χ0) is 17.3. The maximum absolute atomic E-state index is 12.9. The summed E-state index contributed by atoms with van der Waals surface area (Å²) in [5, 5.41) is 7.61. The molecular weight excluding hydrogens is 319 g/mol. The molecule has 6 heteroatoms. The molecule has 1 radical (unpaired) electrons. The minimum atomic E-state index is -0.250. The first kappa shape index (κ1) is 16.8. The fourth-order valence-corrected chi connectivity index (χ4v) is 2.25. The third-order valence-corrected chi connectivity index (χ3v) is 3.57. The molecule has 3 aromatic rings. The van der Waals surface area contributed by atoms with Crippen molar-refractivity contribution in [3.8, 4) is 5.75 Å². The third kappa shape index (κ3) is 5.53. The van der Waals surface area contributed by atoms with Gasteiger partial charge in [-0.15, -0.1) is 0 Å². The van der Waals surface area contributed by atoms with Crippen molar-refractivity contribution in [3.63, 3.8) is 0 Å². The van der Waals surface area contributed by atoms with E-state index in [1.807, 2.05) is 24.3 Å². The molecule has 0 unspecified atom stereocenters. The third-order valence-electron chi connectivity index (χ3n) is 3.57. The summed E-state index contributed by atoms with van der Waals surface area (Å²) in [5.41, 5.74) is 1.85. The molecule has 0 atom stereocenters.